The molecule has 2 atom stereocenters. The van der Waals surface area contributed by atoms with Crippen molar-refractivity contribution in [1.82, 2.24) is 5.32 Å². The zero-order chi connectivity index (χ0) is 10.2. The van der Waals surface area contributed by atoms with Gasteiger partial charge < -0.3 is 10.4 Å². The molecule has 84 valence electrons. The van der Waals surface area contributed by atoms with Crippen LogP contribution in [-0.4, -0.2) is 35.3 Å². The Bertz CT molecular complexity index is 137. The van der Waals surface area contributed by atoms with Gasteiger partial charge in [-0.3, -0.25) is 0 Å². The predicted molar refractivity (Wildman–Crippen MR) is 63.9 cm³/mol. The molecule has 14 heavy (non-hydrogen) atoms. The van der Waals surface area contributed by atoms with Crippen LogP contribution in [0.4, 0.5) is 0 Å². The van der Waals surface area contributed by atoms with Gasteiger partial charge in [-0.15, -0.1) is 0 Å². The molecule has 2 unspecified atom stereocenters. The van der Waals surface area contributed by atoms with E-state index in [4.69, 9.17) is 5.11 Å². The van der Waals surface area contributed by atoms with Crippen LogP contribution >= 0.6 is 11.8 Å². The maximum Gasteiger partial charge on any atom is 0.0441 e. The van der Waals surface area contributed by atoms with E-state index in [0.717, 1.165) is 12.5 Å². The number of nitrogens with one attached hydrogen (secondary N) is 1. The van der Waals surface area contributed by atoms with E-state index >= 15 is 0 Å². The van der Waals surface area contributed by atoms with Crippen molar-refractivity contribution in [1.29, 1.82) is 0 Å². The minimum atomic E-state index is 0.329. The smallest absolute Gasteiger partial charge is 0.0441 e. The number of rotatable bonds is 6. The fraction of sp³-hybridized carbons (Fsp3) is 1.00. The first-order chi connectivity index (χ1) is 6.83. The first-order valence-electron chi connectivity index (χ1n) is 5.78. The number of piperidine rings is 1. The van der Waals surface area contributed by atoms with Crippen LogP contribution in [0.3, 0.4) is 0 Å². The Balaban J connectivity index is 1.96. The molecular weight excluding hydrogens is 194 g/mol. The van der Waals surface area contributed by atoms with E-state index in [1.54, 1.807) is 0 Å². The minimum Gasteiger partial charge on any atom is -0.396 e. The van der Waals surface area contributed by atoms with E-state index in [-0.39, 0.29) is 0 Å². The number of hydrogen-bond donors (Lipinski definition) is 2. The lowest BCUT2D eigenvalue weighted by Crippen LogP contribution is -2.34. The summed E-state index contributed by atoms with van der Waals surface area (Å²) >= 11 is 1.99. The SMILES string of the molecule is CC(CCO)SCCC1CCCCN1. The molecule has 1 aliphatic rings. The molecule has 0 amide bonds. The second kappa shape index (κ2) is 7.55. The third-order valence-electron chi connectivity index (χ3n) is 2.82. The molecule has 0 aromatic carbocycles. The average molecular weight is 217 g/mol. The Hall–Kier alpha value is 0.270. The van der Waals surface area contributed by atoms with Gasteiger partial charge in [-0.05, 0) is 38.0 Å². The Morgan fingerprint density at radius 3 is 3.00 bits per heavy atom. The van der Waals surface area contributed by atoms with Crippen molar-refractivity contribution >= 4 is 11.8 Å². The second-order valence-electron chi connectivity index (χ2n) is 4.13. The molecule has 1 rings (SSSR count). The quantitative estimate of drug-likeness (QED) is 0.714. The molecule has 0 saturated carbocycles. The minimum absolute atomic E-state index is 0.329. The molecule has 0 aromatic rings. The lowest BCUT2D eigenvalue weighted by Gasteiger charge is -2.23. The van der Waals surface area contributed by atoms with Gasteiger partial charge in [0.2, 0.25) is 0 Å². The summed E-state index contributed by atoms with van der Waals surface area (Å²) < 4.78 is 0. The highest BCUT2D eigenvalue weighted by atomic mass is 32.2. The molecule has 0 spiro atoms. The van der Waals surface area contributed by atoms with Gasteiger partial charge in [-0.2, -0.15) is 11.8 Å². The van der Waals surface area contributed by atoms with Crippen molar-refractivity contribution in [3.63, 3.8) is 0 Å². The standard InChI is InChI=1S/C11H23NOS/c1-10(5-8-13)14-9-6-11-4-2-3-7-12-11/h10-13H,2-9H2,1H3. The molecule has 2 N–H and O–H groups in total. The van der Waals surface area contributed by atoms with E-state index in [1.807, 2.05) is 11.8 Å². The number of aliphatic hydroxyl groups is 1. The molecule has 0 radical (unpaired) electrons. The van der Waals surface area contributed by atoms with Crippen LogP contribution in [0, 0.1) is 0 Å². The van der Waals surface area contributed by atoms with Crippen LogP contribution < -0.4 is 5.32 Å². The average Bonchev–Trinajstić information content (AvgIpc) is 2.20. The summed E-state index contributed by atoms with van der Waals surface area (Å²) in [7, 11) is 0. The van der Waals surface area contributed by atoms with E-state index in [9.17, 15) is 0 Å². The Labute approximate surface area is 91.9 Å². The van der Waals surface area contributed by atoms with Crippen LogP contribution in [0.1, 0.15) is 39.0 Å². The van der Waals surface area contributed by atoms with Crippen LogP contribution in [0.15, 0.2) is 0 Å². The largest absolute Gasteiger partial charge is 0.396 e. The fourth-order valence-electron chi connectivity index (χ4n) is 1.85. The summed E-state index contributed by atoms with van der Waals surface area (Å²) in [6, 6.07) is 0.762. The molecular formula is C11H23NOS. The van der Waals surface area contributed by atoms with E-state index in [1.165, 1.54) is 38.0 Å². The lowest BCUT2D eigenvalue weighted by molar-refractivity contribution is 0.289. The van der Waals surface area contributed by atoms with Crippen molar-refractivity contribution in [3.05, 3.63) is 0 Å². The van der Waals surface area contributed by atoms with Crippen molar-refractivity contribution in [2.75, 3.05) is 18.9 Å². The first-order valence-corrected chi connectivity index (χ1v) is 6.83. The Morgan fingerprint density at radius 1 is 1.50 bits per heavy atom. The third kappa shape index (κ3) is 5.23. The predicted octanol–water partition coefficient (Wildman–Crippen LogP) is 2.02. The van der Waals surface area contributed by atoms with Gasteiger partial charge in [-0.1, -0.05) is 13.3 Å². The van der Waals surface area contributed by atoms with Gasteiger partial charge in [0.1, 0.15) is 0 Å². The van der Waals surface area contributed by atoms with Crippen LogP contribution in [0.25, 0.3) is 0 Å². The normalized spacial score (nSPS) is 24.9. The molecule has 1 heterocycles. The summed E-state index contributed by atoms with van der Waals surface area (Å²) in [5.74, 6) is 1.23. The number of thioether (sulfide) groups is 1. The van der Waals surface area contributed by atoms with Gasteiger partial charge in [0, 0.05) is 17.9 Å². The van der Waals surface area contributed by atoms with Crippen molar-refractivity contribution < 1.29 is 5.11 Å². The molecule has 2 nitrogen and oxygen atoms in total. The molecule has 3 heteroatoms. The van der Waals surface area contributed by atoms with Gasteiger partial charge in [0.25, 0.3) is 0 Å². The maximum absolute atomic E-state index is 8.76. The lowest BCUT2D eigenvalue weighted by atomic mass is 10.0. The highest BCUT2D eigenvalue weighted by Gasteiger charge is 2.12. The van der Waals surface area contributed by atoms with E-state index in [0.29, 0.717) is 11.9 Å². The Kier molecular flexibility index (Phi) is 6.65. The molecule has 1 saturated heterocycles. The van der Waals surface area contributed by atoms with Crippen molar-refractivity contribution in [2.45, 2.75) is 50.3 Å². The third-order valence-corrected chi connectivity index (χ3v) is 4.09. The highest BCUT2D eigenvalue weighted by Crippen LogP contribution is 2.18. The summed E-state index contributed by atoms with van der Waals surface area (Å²) in [6.45, 7) is 3.74. The summed E-state index contributed by atoms with van der Waals surface area (Å²) in [5, 5.41) is 12.9. The van der Waals surface area contributed by atoms with Crippen molar-refractivity contribution in [3.8, 4) is 0 Å². The Morgan fingerprint density at radius 2 is 2.36 bits per heavy atom. The molecule has 0 aliphatic carbocycles. The molecule has 1 aliphatic heterocycles. The zero-order valence-corrected chi connectivity index (χ0v) is 9.98. The highest BCUT2D eigenvalue weighted by molar-refractivity contribution is 7.99. The summed E-state index contributed by atoms with van der Waals surface area (Å²) in [5.41, 5.74) is 0. The van der Waals surface area contributed by atoms with Crippen LogP contribution in [-0.2, 0) is 0 Å². The van der Waals surface area contributed by atoms with Gasteiger partial charge in [0.05, 0.1) is 0 Å². The van der Waals surface area contributed by atoms with Gasteiger partial charge in [0.15, 0.2) is 0 Å². The van der Waals surface area contributed by atoms with E-state index < -0.39 is 0 Å². The van der Waals surface area contributed by atoms with Gasteiger partial charge in [-0.25, -0.2) is 0 Å². The molecule has 0 aromatic heterocycles. The topological polar surface area (TPSA) is 32.3 Å². The monoisotopic (exact) mass is 217 g/mol. The molecule has 0 bridgehead atoms. The number of hydrogen-bond acceptors (Lipinski definition) is 3. The van der Waals surface area contributed by atoms with Crippen LogP contribution in [0.2, 0.25) is 0 Å². The number of aliphatic hydroxyl groups excluding tert-OH is 1. The first kappa shape index (κ1) is 12.3. The van der Waals surface area contributed by atoms with E-state index in [2.05, 4.69) is 12.2 Å². The zero-order valence-electron chi connectivity index (χ0n) is 9.17. The van der Waals surface area contributed by atoms with Crippen molar-refractivity contribution in [2.24, 2.45) is 0 Å². The van der Waals surface area contributed by atoms with Crippen LogP contribution in [0.5, 0.6) is 0 Å². The molecule has 1 fully saturated rings. The summed E-state index contributed by atoms with van der Waals surface area (Å²) in [6.07, 6.45) is 6.33. The van der Waals surface area contributed by atoms with Gasteiger partial charge >= 0.3 is 0 Å². The maximum atomic E-state index is 8.76. The summed E-state index contributed by atoms with van der Waals surface area (Å²) in [4.78, 5) is 0. The second-order valence-corrected chi connectivity index (χ2v) is 5.68. The fourth-order valence-corrected chi connectivity index (χ4v) is 2.94.